The van der Waals surface area contributed by atoms with E-state index in [0.29, 0.717) is 17.0 Å². The van der Waals surface area contributed by atoms with E-state index in [1.165, 1.54) is 0 Å². The Morgan fingerprint density at radius 3 is 2.54 bits per heavy atom. The summed E-state index contributed by atoms with van der Waals surface area (Å²) in [5, 5.41) is 2.80. The quantitative estimate of drug-likeness (QED) is 0.836. The highest BCUT2D eigenvalue weighted by molar-refractivity contribution is 5.97. The van der Waals surface area contributed by atoms with E-state index in [2.05, 4.69) is 24.2 Å². The van der Waals surface area contributed by atoms with Crippen LogP contribution in [0.5, 0.6) is 5.75 Å². The Bertz CT molecular complexity index is 829. The van der Waals surface area contributed by atoms with Crippen molar-refractivity contribution >= 4 is 17.5 Å². The van der Waals surface area contributed by atoms with E-state index in [1.54, 1.807) is 24.3 Å². The summed E-state index contributed by atoms with van der Waals surface area (Å²) in [5.74, 6) is 0.413. The maximum Gasteiger partial charge on any atom is 0.262 e. The fraction of sp³-hybridized carbons (Fsp3) is 0.364. The van der Waals surface area contributed by atoms with Gasteiger partial charge in [0.05, 0.1) is 0 Å². The highest BCUT2D eigenvalue weighted by Gasteiger charge is 2.20. The number of anilines is 1. The van der Waals surface area contributed by atoms with Crippen LogP contribution >= 0.6 is 0 Å². The van der Waals surface area contributed by atoms with Crippen molar-refractivity contribution in [3.63, 3.8) is 0 Å². The average Bonchev–Trinajstić information content (AvgIpc) is 2.72. The molecule has 1 heterocycles. The maximum absolute atomic E-state index is 12.7. The Kier molecular flexibility index (Phi) is 6.66. The highest BCUT2D eigenvalue weighted by Crippen LogP contribution is 2.16. The van der Waals surface area contributed by atoms with E-state index in [9.17, 15) is 9.59 Å². The second-order valence-corrected chi connectivity index (χ2v) is 7.01. The Labute approximate surface area is 166 Å². The van der Waals surface area contributed by atoms with Crippen molar-refractivity contribution < 1.29 is 14.3 Å². The summed E-state index contributed by atoms with van der Waals surface area (Å²) in [4.78, 5) is 29.0. The second-order valence-electron chi connectivity index (χ2n) is 7.01. The van der Waals surface area contributed by atoms with Gasteiger partial charge in [0.2, 0.25) is 0 Å². The Morgan fingerprint density at radius 1 is 1.04 bits per heavy atom. The van der Waals surface area contributed by atoms with Gasteiger partial charge in [-0.05, 0) is 49.4 Å². The molecule has 148 valence electrons. The zero-order valence-electron chi connectivity index (χ0n) is 16.5. The number of hydrogen-bond acceptors (Lipinski definition) is 4. The molecule has 0 saturated carbocycles. The Morgan fingerprint density at radius 2 is 1.79 bits per heavy atom. The van der Waals surface area contributed by atoms with Crippen molar-refractivity contribution in [3.8, 4) is 5.75 Å². The smallest absolute Gasteiger partial charge is 0.262 e. The number of nitrogens with zero attached hydrogens (tertiary/aromatic N) is 2. The fourth-order valence-electron chi connectivity index (χ4n) is 3.12. The molecular weight excluding hydrogens is 354 g/mol. The summed E-state index contributed by atoms with van der Waals surface area (Å²) < 4.78 is 5.57. The lowest BCUT2D eigenvalue weighted by atomic mass is 10.1. The standard InChI is InChI=1S/C22H27N3O3/c1-3-17-6-4-9-20(14-17)28-16-21(26)23-19-8-5-7-18(15-19)22(27)25-12-10-24(2)11-13-25/h4-9,14-15H,3,10-13,16H2,1-2H3,(H,23,26). The molecule has 0 bridgehead atoms. The lowest BCUT2D eigenvalue weighted by Crippen LogP contribution is -2.47. The molecule has 1 aliphatic rings. The number of hydrogen-bond donors (Lipinski definition) is 1. The van der Waals surface area contributed by atoms with Gasteiger partial charge in [0.1, 0.15) is 5.75 Å². The van der Waals surface area contributed by atoms with Crippen molar-refractivity contribution in [1.29, 1.82) is 0 Å². The molecule has 0 radical (unpaired) electrons. The molecule has 1 N–H and O–H groups in total. The van der Waals surface area contributed by atoms with E-state index < -0.39 is 0 Å². The summed E-state index contributed by atoms with van der Waals surface area (Å²) in [6.07, 6.45) is 0.914. The molecule has 6 heteroatoms. The van der Waals surface area contributed by atoms with Crippen LogP contribution in [-0.4, -0.2) is 61.4 Å². The predicted octanol–water partition coefficient (Wildman–Crippen LogP) is 2.65. The summed E-state index contributed by atoms with van der Waals surface area (Å²) in [7, 11) is 2.05. The van der Waals surface area contributed by atoms with Gasteiger partial charge in [-0.1, -0.05) is 25.1 Å². The van der Waals surface area contributed by atoms with Crippen LogP contribution in [0.3, 0.4) is 0 Å². The first kappa shape index (κ1) is 19.9. The summed E-state index contributed by atoms with van der Waals surface area (Å²) in [6.45, 7) is 5.18. The molecule has 0 aromatic heterocycles. The average molecular weight is 381 g/mol. The summed E-state index contributed by atoms with van der Waals surface area (Å²) in [6, 6.07) is 14.8. The molecule has 0 atom stereocenters. The number of carbonyl (C=O) groups is 2. The molecule has 0 unspecified atom stereocenters. The Hall–Kier alpha value is -2.86. The third kappa shape index (κ3) is 5.33. The van der Waals surface area contributed by atoms with Gasteiger partial charge in [-0.15, -0.1) is 0 Å². The van der Waals surface area contributed by atoms with E-state index in [0.717, 1.165) is 38.2 Å². The van der Waals surface area contributed by atoms with Crippen LogP contribution in [0.2, 0.25) is 0 Å². The van der Waals surface area contributed by atoms with Crippen LogP contribution in [0, 0.1) is 0 Å². The molecule has 2 aromatic carbocycles. The number of aryl methyl sites for hydroxylation is 1. The molecule has 1 saturated heterocycles. The van der Waals surface area contributed by atoms with E-state index >= 15 is 0 Å². The van der Waals surface area contributed by atoms with Gasteiger partial charge in [-0.2, -0.15) is 0 Å². The third-order valence-corrected chi connectivity index (χ3v) is 4.86. The lowest BCUT2D eigenvalue weighted by molar-refractivity contribution is -0.118. The minimum Gasteiger partial charge on any atom is -0.484 e. The van der Waals surface area contributed by atoms with Crippen LogP contribution in [-0.2, 0) is 11.2 Å². The summed E-state index contributed by atoms with van der Waals surface area (Å²) >= 11 is 0. The summed E-state index contributed by atoms with van der Waals surface area (Å²) in [5.41, 5.74) is 2.34. The predicted molar refractivity (Wildman–Crippen MR) is 110 cm³/mol. The minimum atomic E-state index is -0.258. The lowest BCUT2D eigenvalue weighted by Gasteiger charge is -2.32. The zero-order valence-corrected chi connectivity index (χ0v) is 16.5. The van der Waals surface area contributed by atoms with Gasteiger partial charge in [0.15, 0.2) is 6.61 Å². The van der Waals surface area contributed by atoms with Gasteiger partial charge < -0.3 is 19.9 Å². The number of nitrogens with one attached hydrogen (secondary N) is 1. The molecular formula is C22H27N3O3. The van der Waals surface area contributed by atoms with Crippen molar-refractivity contribution in [2.75, 3.05) is 45.2 Å². The first-order chi connectivity index (χ1) is 13.5. The molecule has 1 aliphatic heterocycles. The normalized spacial score (nSPS) is 14.6. The van der Waals surface area contributed by atoms with Crippen molar-refractivity contribution in [2.24, 2.45) is 0 Å². The van der Waals surface area contributed by atoms with E-state index in [4.69, 9.17) is 4.74 Å². The highest BCUT2D eigenvalue weighted by atomic mass is 16.5. The first-order valence-corrected chi connectivity index (χ1v) is 9.64. The minimum absolute atomic E-state index is 0.00294. The van der Waals surface area contributed by atoms with Crippen LogP contribution in [0.25, 0.3) is 0 Å². The number of benzene rings is 2. The molecule has 3 rings (SSSR count). The van der Waals surface area contributed by atoms with Crippen molar-refractivity contribution in [1.82, 2.24) is 9.80 Å². The van der Waals surface area contributed by atoms with Crippen molar-refractivity contribution in [2.45, 2.75) is 13.3 Å². The molecule has 0 aliphatic carbocycles. The SMILES string of the molecule is CCc1cccc(OCC(=O)Nc2cccc(C(=O)N3CCN(C)CC3)c2)c1. The molecule has 1 fully saturated rings. The van der Waals surface area contributed by atoms with Crippen molar-refractivity contribution in [3.05, 3.63) is 59.7 Å². The molecule has 2 amide bonds. The number of carbonyl (C=O) groups excluding carboxylic acids is 2. The van der Waals surface area contributed by atoms with E-state index in [1.807, 2.05) is 29.2 Å². The van der Waals surface area contributed by atoms with Crippen LogP contribution < -0.4 is 10.1 Å². The second kappa shape index (κ2) is 9.37. The van der Waals surface area contributed by atoms with Crippen LogP contribution in [0.15, 0.2) is 48.5 Å². The third-order valence-electron chi connectivity index (χ3n) is 4.86. The number of rotatable bonds is 6. The number of piperazine rings is 1. The van der Waals surface area contributed by atoms with Gasteiger partial charge in [-0.25, -0.2) is 0 Å². The van der Waals surface area contributed by atoms with Gasteiger partial charge >= 0.3 is 0 Å². The topological polar surface area (TPSA) is 61.9 Å². The largest absolute Gasteiger partial charge is 0.484 e. The fourth-order valence-corrected chi connectivity index (χ4v) is 3.12. The number of likely N-dealkylation sites (N-methyl/N-ethyl adjacent to an activating group) is 1. The van der Waals surface area contributed by atoms with Crippen LogP contribution in [0.1, 0.15) is 22.8 Å². The van der Waals surface area contributed by atoms with Gasteiger partial charge in [0, 0.05) is 37.4 Å². The molecule has 2 aromatic rings. The Balaban J connectivity index is 1.56. The molecule has 28 heavy (non-hydrogen) atoms. The number of ether oxygens (including phenoxy) is 1. The molecule has 0 spiro atoms. The molecule has 6 nitrogen and oxygen atoms in total. The van der Waals surface area contributed by atoms with E-state index in [-0.39, 0.29) is 18.4 Å². The number of amides is 2. The first-order valence-electron chi connectivity index (χ1n) is 9.64. The van der Waals surface area contributed by atoms with Crippen LogP contribution in [0.4, 0.5) is 5.69 Å². The monoisotopic (exact) mass is 381 g/mol. The zero-order chi connectivity index (χ0) is 19.9. The van der Waals surface area contributed by atoms with Gasteiger partial charge in [0.25, 0.3) is 11.8 Å². The maximum atomic E-state index is 12.7. The van der Waals surface area contributed by atoms with Gasteiger partial charge in [-0.3, -0.25) is 9.59 Å².